The highest BCUT2D eigenvalue weighted by Crippen LogP contribution is 2.40. The zero-order valence-electron chi connectivity index (χ0n) is 15.9. The van der Waals surface area contributed by atoms with E-state index in [0.29, 0.717) is 53.8 Å². The Morgan fingerprint density at radius 1 is 1.03 bits per heavy atom. The first-order chi connectivity index (χ1) is 14.5. The van der Waals surface area contributed by atoms with Crippen molar-refractivity contribution in [1.82, 2.24) is 14.7 Å². The van der Waals surface area contributed by atoms with Crippen LogP contribution in [0.4, 0.5) is 0 Å². The van der Waals surface area contributed by atoms with Crippen LogP contribution in [-0.4, -0.2) is 55.3 Å². The fourth-order valence-corrected chi connectivity index (χ4v) is 5.64. The Morgan fingerprint density at radius 3 is 2.47 bits per heavy atom. The second kappa shape index (κ2) is 7.23. The average Bonchev–Trinajstić information content (AvgIpc) is 3.13. The number of aromatic nitrogens is 2. The van der Waals surface area contributed by atoms with E-state index in [0.717, 1.165) is 0 Å². The lowest BCUT2D eigenvalue weighted by Crippen LogP contribution is -2.41. The van der Waals surface area contributed by atoms with Crippen LogP contribution in [0.2, 0.25) is 5.02 Å². The van der Waals surface area contributed by atoms with Crippen LogP contribution in [0.15, 0.2) is 53.4 Å². The van der Waals surface area contributed by atoms with Gasteiger partial charge in [-0.15, -0.1) is 0 Å². The van der Waals surface area contributed by atoms with Crippen LogP contribution >= 0.6 is 11.6 Å². The van der Waals surface area contributed by atoms with E-state index in [2.05, 4.69) is 5.10 Å². The van der Waals surface area contributed by atoms with E-state index in [-0.39, 0.29) is 22.2 Å². The van der Waals surface area contributed by atoms with E-state index >= 15 is 0 Å². The van der Waals surface area contributed by atoms with Gasteiger partial charge in [0.1, 0.15) is 0 Å². The molecular formula is C21H18ClN3O4S. The lowest BCUT2D eigenvalue weighted by molar-refractivity contribution is 0.0298. The first-order valence-electron chi connectivity index (χ1n) is 9.53. The van der Waals surface area contributed by atoms with Gasteiger partial charge in [-0.2, -0.15) is 5.10 Å². The van der Waals surface area contributed by atoms with E-state index in [1.54, 1.807) is 58.1 Å². The molecule has 2 aromatic carbocycles. The average molecular weight is 444 g/mol. The van der Waals surface area contributed by atoms with Crippen molar-refractivity contribution in [2.75, 3.05) is 26.3 Å². The maximum atomic E-state index is 13.3. The Kier molecular flexibility index (Phi) is 4.65. The molecule has 0 bridgehead atoms. The summed E-state index contributed by atoms with van der Waals surface area (Å²) in [7, 11) is -3.59. The van der Waals surface area contributed by atoms with E-state index < -0.39 is 9.84 Å². The molecular weight excluding hydrogens is 426 g/mol. The minimum atomic E-state index is -3.59. The SMILES string of the molecule is O=C(c1nn(-c2ccc(Cl)cc2)c2c1CS(=O)(=O)c1ccccc1-2)N1CCOCC1. The molecule has 30 heavy (non-hydrogen) atoms. The number of fused-ring (bicyclic) bond motifs is 3. The molecule has 0 radical (unpaired) electrons. The molecule has 3 aromatic rings. The molecule has 0 spiro atoms. The molecule has 0 atom stereocenters. The molecule has 9 heteroatoms. The van der Waals surface area contributed by atoms with Crippen molar-refractivity contribution in [3.05, 3.63) is 64.8 Å². The summed E-state index contributed by atoms with van der Waals surface area (Å²) >= 11 is 6.04. The van der Waals surface area contributed by atoms with E-state index in [9.17, 15) is 13.2 Å². The number of morpholine rings is 1. The largest absolute Gasteiger partial charge is 0.378 e. The number of rotatable bonds is 2. The van der Waals surface area contributed by atoms with E-state index in [4.69, 9.17) is 16.3 Å². The summed E-state index contributed by atoms with van der Waals surface area (Å²) in [5, 5.41) is 5.18. The van der Waals surface area contributed by atoms with Gasteiger partial charge in [0.25, 0.3) is 5.91 Å². The van der Waals surface area contributed by atoms with Crippen LogP contribution in [0.3, 0.4) is 0 Å². The second-order valence-electron chi connectivity index (χ2n) is 7.22. The van der Waals surface area contributed by atoms with Crippen molar-refractivity contribution in [3.63, 3.8) is 0 Å². The monoisotopic (exact) mass is 443 g/mol. The summed E-state index contributed by atoms with van der Waals surface area (Å²) in [4.78, 5) is 15.2. The molecule has 2 aliphatic heterocycles. The first-order valence-corrected chi connectivity index (χ1v) is 11.6. The van der Waals surface area contributed by atoms with Gasteiger partial charge in [-0.1, -0.05) is 29.8 Å². The second-order valence-corrected chi connectivity index (χ2v) is 9.62. The third kappa shape index (κ3) is 3.12. The maximum absolute atomic E-state index is 13.3. The normalized spacial score (nSPS) is 17.3. The molecule has 3 heterocycles. The number of carbonyl (C=O) groups is 1. The van der Waals surface area contributed by atoms with Gasteiger partial charge >= 0.3 is 0 Å². The number of carbonyl (C=O) groups excluding carboxylic acids is 1. The summed E-state index contributed by atoms with van der Waals surface area (Å²) in [5.41, 5.74) is 2.47. The molecule has 0 N–H and O–H groups in total. The number of hydrogen-bond acceptors (Lipinski definition) is 5. The quantitative estimate of drug-likeness (QED) is 0.608. The lowest BCUT2D eigenvalue weighted by Gasteiger charge is -2.26. The van der Waals surface area contributed by atoms with E-state index in [1.165, 1.54) is 0 Å². The van der Waals surface area contributed by atoms with Crippen molar-refractivity contribution in [3.8, 4) is 16.9 Å². The minimum absolute atomic E-state index is 0.167. The van der Waals surface area contributed by atoms with Gasteiger partial charge in [0.05, 0.1) is 35.2 Å². The Morgan fingerprint density at radius 2 is 1.73 bits per heavy atom. The Bertz CT molecular complexity index is 1250. The number of halogens is 1. The topological polar surface area (TPSA) is 81.5 Å². The predicted molar refractivity (Wildman–Crippen MR) is 112 cm³/mol. The van der Waals surface area contributed by atoms with Crippen LogP contribution in [0.25, 0.3) is 16.9 Å². The highest BCUT2D eigenvalue weighted by molar-refractivity contribution is 7.90. The molecule has 154 valence electrons. The highest BCUT2D eigenvalue weighted by Gasteiger charge is 2.37. The molecule has 7 nitrogen and oxygen atoms in total. The molecule has 1 aromatic heterocycles. The van der Waals surface area contributed by atoms with Gasteiger partial charge in [0.15, 0.2) is 15.5 Å². The van der Waals surface area contributed by atoms with E-state index in [1.807, 2.05) is 0 Å². The minimum Gasteiger partial charge on any atom is -0.378 e. The molecule has 2 aliphatic rings. The van der Waals surface area contributed by atoms with Gasteiger partial charge in [0, 0.05) is 29.2 Å². The number of nitrogens with zero attached hydrogens (tertiary/aromatic N) is 3. The molecule has 0 unspecified atom stereocenters. The van der Waals surface area contributed by atoms with Gasteiger partial charge in [0.2, 0.25) is 0 Å². The van der Waals surface area contributed by atoms with Crippen molar-refractivity contribution in [1.29, 1.82) is 0 Å². The fourth-order valence-electron chi connectivity index (χ4n) is 3.92. The molecule has 1 saturated heterocycles. The van der Waals surface area contributed by atoms with Crippen LogP contribution < -0.4 is 0 Å². The van der Waals surface area contributed by atoms with Gasteiger partial charge in [-0.05, 0) is 30.3 Å². The van der Waals surface area contributed by atoms with Crippen molar-refractivity contribution < 1.29 is 17.9 Å². The fraction of sp³-hybridized carbons (Fsp3) is 0.238. The molecule has 0 aliphatic carbocycles. The third-order valence-electron chi connectivity index (χ3n) is 5.37. The van der Waals surface area contributed by atoms with Crippen LogP contribution in [0, 0.1) is 0 Å². The van der Waals surface area contributed by atoms with Gasteiger partial charge in [-0.3, -0.25) is 4.79 Å². The summed E-state index contributed by atoms with van der Waals surface area (Å²) in [6.45, 7) is 1.80. The standard InChI is InChI=1S/C21H18ClN3O4S/c22-14-5-7-15(8-6-14)25-20-16-3-1-2-4-18(16)30(27,28)13-17(20)19(23-25)21(26)24-9-11-29-12-10-24/h1-8H,9-13H2. The first kappa shape index (κ1) is 19.3. The number of ether oxygens (including phenoxy) is 1. The molecule has 1 amide bonds. The number of benzene rings is 2. The smallest absolute Gasteiger partial charge is 0.274 e. The van der Waals surface area contributed by atoms with Crippen molar-refractivity contribution in [2.45, 2.75) is 10.6 Å². The maximum Gasteiger partial charge on any atom is 0.274 e. The number of amides is 1. The Hall–Kier alpha value is -2.68. The Labute approximate surface area is 178 Å². The third-order valence-corrected chi connectivity index (χ3v) is 7.31. The Balaban J connectivity index is 1.75. The van der Waals surface area contributed by atoms with Crippen molar-refractivity contribution in [2.24, 2.45) is 0 Å². The van der Waals surface area contributed by atoms with Gasteiger partial charge in [-0.25, -0.2) is 13.1 Å². The number of sulfone groups is 1. The summed E-state index contributed by atoms with van der Waals surface area (Å²) in [6.07, 6.45) is 0. The van der Waals surface area contributed by atoms with Crippen LogP contribution in [-0.2, 0) is 20.3 Å². The highest BCUT2D eigenvalue weighted by atomic mass is 35.5. The summed E-state index contributed by atoms with van der Waals surface area (Å²) in [6, 6.07) is 13.9. The zero-order chi connectivity index (χ0) is 20.9. The van der Waals surface area contributed by atoms with Crippen LogP contribution in [0.1, 0.15) is 16.1 Å². The van der Waals surface area contributed by atoms with Crippen LogP contribution in [0.5, 0.6) is 0 Å². The van der Waals surface area contributed by atoms with Crippen molar-refractivity contribution >= 4 is 27.3 Å². The van der Waals surface area contributed by atoms with Gasteiger partial charge < -0.3 is 9.64 Å². The number of hydrogen-bond donors (Lipinski definition) is 0. The summed E-state index contributed by atoms with van der Waals surface area (Å²) < 4.78 is 32.9. The summed E-state index contributed by atoms with van der Waals surface area (Å²) in [5.74, 6) is -0.546. The molecule has 0 saturated carbocycles. The zero-order valence-corrected chi connectivity index (χ0v) is 17.5. The molecule has 1 fully saturated rings. The molecule has 5 rings (SSSR count). The predicted octanol–water partition coefficient (Wildman–Crippen LogP) is 2.95. The lowest BCUT2D eigenvalue weighted by atomic mass is 10.0.